The third-order valence-electron chi connectivity index (χ3n) is 4.96. The second kappa shape index (κ2) is 12.2. The number of allylic oxidation sites excluding steroid dienone is 1. The molecule has 0 bridgehead atoms. The Morgan fingerprint density at radius 3 is 2.43 bits per heavy atom. The van der Waals surface area contributed by atoms with Gasteiger partial charge in [-0.1, -0.05) is 41.0 Å². The van der Waals surface area contributed by atoms with Gasteiger partial charge in [0.1, 0.15) is 23.9 Å². The van der Waals surface area contributed by atoms with E-state index in [1.165, 1.54) is 26.0 Å². The first-order valence-corrected chi connectivity index (χ1v) is 12.3. The minimum absolute atomic E-state index is 0.0970. The third-order valence-corrected chi connectivity index (χ3v) is 6.82. The van der Waals surface area contributed by atoms with Crippen LogP contribution in [0.5, 0.6) is 17.2 Å². The Bertz CT molecular complexity index is 1210. The number of aryl methyl sites for hydroxylation is 2. The molecule has 0 radical (unpaired) electrons. The van der Waals surface area contributed by atoms with Crippen molar-refractivity contribution >= 4 is 46.6 Å². The van der Waals surface area contributed by atoms with Gasteiger partial charge in [0.25, 0.3) is 0 Å². The molecule has 8 nitrogen and oxygen atoms in total. The fourth-order valence-electron chi connectivity index (χ4n) is 3.26. The molecule has 1 aromatic heterocycles. The molecule has 0 aliphatic heterocycles. The number of ether oxygens (including phenoxy) is 3. The topological polar surface area (TPSA) is 87.5 Å². The minimum atomic E-state index is -0.254. The zero-order valence-corrected chi connectivity index (χ0v) is 22.2. The van der Waals surface area contributed by atoms with Crippen molar-refractivity contribution < 1.29 is 19.0 Å². The number of nitrogens with zero attached hydrogens (tertiary/aromatic N) is 3. The zero-order valence-electron chi connectivity index (χ0n) is 19.9. The van der Waals surface area contributed by atoms with Gasteiger partial charge >= 0.3 is 0 Å². The lowest BCUT2D eigenvalue weighted by Gasteiger charge is -2.13. The summed E-state index contributed by atoms with van der Waals surface area (Å²) in [6.07, 6.45) is 1.73. The minimum Gasteiger partial charge on any atom is -0.495 e. The lowest BCUT2D eigenvalue weighted by Crippen LogP contribution is -2.15. The van der Waals surface area contributed by atoms with Crippen molar-refractivity contribution in [3.05, 3.63) is 63.9 Å². The van der Waals surface area contributed by atoms with E-state index in [2.05, 4.69) is 22.1 Å². The highest BCUT2D eigenvalue weighted by Crippen LogP contribution is 2.36. The van der Waals surface area contributed by atoms with Crippen molar-refractivity contribution in [1.82, 2.24) is 14.8 Å². The quantitative estimate of drug-likeness (QED) is 0.248. The van der Waals surface area contributed by atoms with Crippen LogP contribution in [0.2, 0.25) is 10.0 Å². The van der Waals surface area contributed by atoms with Gasteiger partial charge in [-0.2, -0.15) is 0 Å². The Balaban J connectivity index is 1.68. The van der Waals surface area contributed by atoms with Gasteiger partial charge in [0.15, 0.2) is 11.0 Å². The zero-order chi connectivity index (χ0) is 25.5. The third kappa shape index (κ3) is 6.62. The van der Waals surface area contributed by atoms with Crippen molar-refractivity contribution in [1.29, 1.82) is 0 Å². The van der Waals surface area contributed by atoms with Crippen LogP contribution >= 0.6 is 35.0 Å². The van der Waals surface area contributed by atoms with Crippen molar-refractivity contribution in [2.75, 3.05) is 25.3 Å². The number of rotatable bonds is 11. The number of benzene rings is 2. The molecule has 0 spiro atoms. The second-order valence-corrected chi connectivity index (χ2v) is 9.21. The van der Waals surface area contributed by atoms with Crippen molar-refractivity contribution in [3.63, 3.8) is 0 Å². The van der Waals surface area contributed by atoms with E-state index < -0.39 is 0 Å². The standard InChI is InChI=1S/C24H26Cl2N4O4S/c1-6-7-30-21(12-34-16-8-14(2)23(26)15(3)9-16)28-29-24(30)35-13-22(31)27-18-11-19(32-4)17(25)10-20(18)33-5/h6,8-11H,1,7,12-13H2,2-5H3,(H,27,31). The maximum Gasteiger partial charge on any atom is 0.234 e. The maximum absolute atomic E-state index is 12.6. The van der Waals surface area contributed by atoms with Crippen LogP contribution < -0.4 is 19.5 Å². The number of aromatic nitrogens is 3. The molecule has 0 saturated carbocycles. The summed E-state index contributed by atoms with van der Waals surface area (Å²) in [5, 5.41) is 13.0. The largest absolute Gasteiger partial charge is 0.495 e. The van der Waals surface area contributed by atoms with Gasteiger partial charge in [-0.3, -0.25) is 9.36 Å². The second-order valence-electron chi connectivity index (χ2n) is 7.48. The molecule has 0 unspecified atom stereocenters. The maximum atomic E-state index is 12.6. The number of methoxy groups -OCH3 is 2. The van der Waals surface area contributed by atoms with Gasteiger partial charge in [0, 0.05) is 23.7 Å². The van der Waals surface area contributed by atoms with Gasteiger partial charge in [0.2, 0.25) is 5.91 Å². The first kappa shape index (κ1) is 26.7. The molecular formula is C24H26Cl2N4O4S. The summed E-state index contributed by atoms with van der Waals surface area (Å²) in [7, 11) is 2.99. The Morgan fingerprint density at radius 2 is 1.80 bits per heavy atom. The highest BCUT2D eigenvalue weighted by molar-refractivity contribution is 7.99. The van der Waals surface area contributed by atoms with Crippen LogP contribution in [0.4, 0.5) is 5.69 Å². The van der Waals surface area contributed by atoms with E-state index in [4.69, 9.17) is 37.4 Å². The van der Waals surface area contributed by atoms with Gasteiger partial charge in [-0.15, -0.1) is 16.8 Å². The van der Waals surface area contributed by atoms with Crippen LogP contribution in [0, 0.1) is 13.8 Å². The van der Waals surface area contributed by atoms with Crippen LogP contribution in [0.1, 0.15) is 17.0 Å². The SMILES string of the molecule is C=CCn1c(COc2cc(C)c(Cl)c(C)c2)nnc1SCC(=O)Nc1cc(OC)c(Cl)cc1OC. The van der Waals surface area contributed by atoms with Gasteiger partial charge in [-0.05, 0) is 37.1 Å². The number of carbonyl (C=O) groups is 1. The van der Waals surface area contributed by atoms with Crippen molar-refractivity contribution in [2.45, 2.75) is 32.2 Å². The molecule has 0 fully saturated rings. The molecule has 0 atom stereocenters. The Labute approximate surface area is 218 Å². The summed E-state index contributed by atoms with van der Waals surface area (Å²) in [6.45, 7) is 8.34. The summed E-state index contributed by atoms with van der Waals surface area (Å²) in [5.41, 5.74) is 2.33. The number of hydrogen-bond donors (Lipinski definition) is 1. The molecule has 1 N–H and O–H groups in total. The molecule has 2 aromatic carbocycles. The highest BCUT2D eigenvalue weighted by Gasteiger charge is 2.17. The van der Waals surface area contributed by atoms with E-state index >= 15 is 0 Å². The molecule has 11 heteroatoms. The number of halogens is 2. The summed E-state index contributed by atoms with van der Waals surface area (Å²) in [4.78, 5) is 12.6. The van der Waals surface area contributed by atoms with Gasteiger partial charge < -0.3 is 19.5 Å². The van der Waals surface area contributed by atoms with Crippen LogP contribution in [-0.4, -0.2) is 40.6 Å². The van der Waals surface area contributed by atoms with Crippen LogP contribution in [0.25, 0.3) is 0 Å². The number of nitrogens with one attached hydrogen (secondary N) is 1. The summed E-state index contributed by atoms with van der Waals surface area (Å²) < 4.78 is 18.3. The van der Waals surface area contributed by atoms with Gasteiger partial charge in [0.05, 0.1) is 30.7 Å². The molecule has 35 heavy (non-hydrogen) atoms. The predicted molar refractivity (Wildman–Crippen MR) is 139 cm³/mol. The predicted octanol–water partition coefficient (Wildman–Crippen LogP) is 5.71. The first-order chi connectivity index (χ1) is 16.8. The van der Waals surface area contributed by atoms with Crippen LogP contribution in [-0.2, 0) is 17.9 Å². The number of hydrogen-bond acceptors (Lipinski definition) is 7. The number of thioether (sulfide) groups is 1. The summed E-state index contributed by atoms with van der Waals surface area (Å²) in [5.74, 6) is 2.00. The van der Waals surface area contributed by atoms with E-state index in [0.717, 1.165) is 16.1 Å². The van der Waals surface area contributed by atoms with E-state index in [-0.39, 0.29) is 18.3 Å². The van der Waals surface area contributed by atoms with Crippen LogP contribution in [0.15, 0.2) is 42.1 Å². The molecule has 3 aromatic rings. The fraction of sp³-hybridized carbons (Fsp3) is 0.292. The Hall–Kier alpha value is -2.88. The molecule has 3 rings (SSSR count). The van der Waals surface area contributed by atoms with Crippen LogP contribution in [0.3, 0.4) is 0 Å². The van der Waals surface area contributed by atoms with E-state index in [1.807, 2.05) is 30.5 Å². The molecule has 186 valence electrons. The average molecular weight is 537 g/mol. The molecule has 0 saturated heterocycles. The van der Waals surface area contributed by atoms with Crippen molar-refractivity contribution in [3.8, 4) is 17.2 Å². The molecule has 0 aliphatic carbocycles. The summed E-state index contributed by atoms with van der Waals surface area (Å²) >= 11 is 13.6. The Morgan fingerprint density at radius 1 is 1.11 bits per heavy atom. The normalized spacial score (nSPS) is 10.7. The van der Waals surface area contributed by atoms with E-state index in [9.17, 15) is 4.79 Å². The molecular weight excluding hydrogens is 511 g/mol. The molecule has 0 aliphatic rings. The molecule has 1 heterocycles. The highest BCUT2D eigenvalue weighted by atomic mass is 35.5. The number of carbonyl (C=O) groups excluding carboxylic acids is 1. The Kier molecular flexibility index (Phi) is 9.31. The lowest BCUT2D eigenvalue weighted by molar-refractivity contribution is -0.113. The number of anilines is 1. The van der Waals surface area contributed by atoms with Gasteiger partial charge in [-0.25, -0.2) is 0 Å². The molecule has 1 amide bonds. The fourth-order valence-corrected chi connectivity index (χ4v) is 4.36. The average Bonchev–Trinajstić information content (AvgIpc) is 3.22. The smallest absolute Gasteiger partial charge is 0.234 e. The lowest BCUT2D eigenvalue weighted by atomic mass is 10.1. The number of amides is 1. The monoisotopic (exact) mass is 536 g/mol. The van der Waals surface area contributed by atoms with Crippen molar-refractivity contribution in [2.24, 2.45) is 0 Å². The summed E-state index contributed by atoms with van der Waals surface area (Å²) in [6, 6.07) is 6.95. The van der Waals surface area contributed by atoms with E-state index in [0.29, 0.717) is 45.5 Å². The van der Waals surface area contributed by atoms with E-state index in [1.54, 1.807) is 18.2 Å². The first-order valence-electron chi connectivity index (χ1n) is 10.5.